The van der Waals surface area contributed by atoms with Gasteiger partial charge in [0.2, 0.25) is 0 Å². The van der Waals surface area contributed by atoms with Crippen LogP contribution in [0.2, 0.25) is 0 Å². The third-order valence-corrected chi connectivity index (χ3v) is 6.87. The van der Waals surface area contributed by atoms with E-state index in [0.717, 1.165) is 6.07 Å². The largest absolute Gasteiger partial charge is 0.394 e. The first-order chi connectivity index (χ1) is 18.6. The van der Waals surface area contributed by atoms with Crippen molar-refractivity contribution in [3.05, 3.63) is 41.2 Å². The van der Waals surface area contributed by atoms with E-state index in [2.05, 4.69) is 25.6 Å². The Morgan fingerprint density at radius 2 is 2.03 bits per heavy atom. The van der Waals surface area contributed by atoms with Crippen molar-refractivity contribution in [1.29, 1.82) is 0 Å². The van der Waals surface area contributed by atoms with E-state index in [1.165, 1.54) is 6.07 Å². The third kappa shape index (κ3) is 4.11. The molecular formula is C24H28F2N6O4. The summed E-state index contributed by atoms with van der Waals surface area (Å²) < 4.78 is 76.9. The molecule has 3 fully saturated rings. The van der Waals surface area contributed by atoms with Crippen LogP contribution in [-0.2, 0) is 14.2 Å². The molecule has 0 radical (unpaired) electrons. The van der Waals surface area contributed by atoms with Crippen LogP contribution in [0, 0.1) is 18.6 Å². The average Bonchev–Trinajstić information content (AvgIpc) is 3.18. The van der Waals surface area contributed by atoms with Crippen LogP contribution in [0.15, 0.2) is 18.2 Å². The first kappa shape index (κ1) is 19.3. The zero-order valence-corrected chi connectivity index (χ0v) is 19.8. The Morgan fingerprint density at radius 1 is 1.22 bits per heavy atom. The minimum absolute atomic E-state index is 0.0297. The van der Waals surface area contributed by atoms with Crippen molar-refractivity contribution in [2.24, 2.45) is 0 Å². The highest BCUT2D eigenvalue weighted by molar-refractivity contribution is 5.82. The van der Waals surface area contributed by atoms with Crippen LogP contribution in [0.5, 0.6) is 0 Å². The van der Waals surface area contributed by atoms with Gasteiger partial charge in [-0.25, -0.2) is 23.4 Å². The number of fused-ring (bicyclic) bond motifs is 2. The number of benzene rings is 1. The summed E-state index contributed by atoms with van der Waals surface area (Å²) in [7, 11) is 0. The number of ether oxygens (including phenoxy) is 3. The number of nitrogens with one attached hydrogen (secondary N) is 1. The van der Waals surface area contributed by atoms with Crippen molar-refractivity contribution in [2.45, 2.75) is 75.7 Å². The number of rotatable bonds is 7. The number of anilines is 1. The van der Waals surface area contributed by atoms with Crippen LogP contribution in [0.4, 0.5) is 14.6 Å². The Kier molecular flexibility index (Phi) is 4.64. The van der Waals surface area contributed by atoms with Crippen LogP contribution in [-0.4, -0.2) is 73.3 Å². The normalized spacial score (nSPS) is 33.1. The van der Waals surface area contributed by atoms with Crippen LogP contribution >= 0.6 is 0 Å². The molecule has 2 aromatic heterocycles. The van der Waals surface area contributed by atoms with Crippen molar-refractivity contribution in [1.82, 2.24) is 25.0 Å². The minimum Gasteiger partial charge on any atom is -0.394 e. The van der Waals surface area contributed by atoms with Gasteiger partial charge in [-0.1, -0.05) is 11.3 Å². The summed E-state index contributed by atoms with van der Waals surface area (Å²) in [6.45, 7) is -1.15. The summed E-state index contributed by atoms with van der Waals surface area (Å²) >= 11 is 0. The molecule has 2 aliphatic carbocycles. The van der Waals surface area contributed by atoms with Gasteiger partial charge in [0.05, 0.1) is 30.7 Å². The Labute approximate surface area is 211 Å². The second-order valence-corrected chi connectivity index (χ2v) is 9.83. The van der Waals surface area contributed by atoms with Crippen molar-refractivity contribution in [3.8, 4) is 0 Å². The van der Waals surface area contributed by atoms with Crippen molar-refractivity contribution in [2.75, 3.05) is 18.4 Å². The molecule has 6 rings (SSSR count). The number of hydrogen-bond donors (Lipinski definition) is 2. The minimum atomic E-state index is -3.25. The fourth-order valence-electron chi connectivity index (χ4n) is 5.27. The molecule has 36 heavy (non-hydrogen) atoms. The molecule has 12 heteroatoms. The van der Waals surface area contributed by atoms with Crippen LogP contribution in [0.1, 0.15) is 55.5 Å². The Bertz CT molecular complexity index is 1470. The maximum Gasteiger partial charge on any atom is 0.184 e. The summed E-state index contributed by atoms with van der Waals surface area (Å²) in [5.41, 5.74) is 1.44. The van der Waals surface area contributed by atoms with Gasteiger partial charge in [-0.2, -0.15) is 0 Å². The highest BCUT2D eigenvalue weighted by Crippen LogP contribution is 2.46. The van der Waals surface area contributed by atoms with E-state index in [4.69, 9.17) is 19.7 Å². The fourth-order valence-corrected chi connectivity index (χ4v) is 5.27. The lowest BCUT2D eigenvalue weighted by molar-refractivity contribution is -0.171. The molecule has 6 atom stereocenters. The zero-order chi connectivity index (χ0) is 28.8. The lowest BCUT2D eigenvalue weighted by Gasteiger charge is -2.23. The van der Waals surface area contributed by atoms with Gasteiger partial charge in [-0.05, 0) is 44.9 Å². The Hall–Kier alpha value is -2.80. The molecule has 3 aromatic rings. The van der Waals surface area contributed by atoms with Gasteiger partial charge in [-0.15, -0.1) is 5.10 Å². The topological polar surface area (TPSA) is 116 Å². The van der Waals surface area contributed by atoms with Gasteiger partial charge < -0.3 is 24.6 Å². The van der Waals surface area contributed by atoms with Crippen LogP contribution < -0.4 is 5.32 Å². The first-order valence-electron chi connectivity index (χ1n) is 13.7. The number of aromatic nitrogens is 5. The summed E-state index contributed by atoms with van der Waals surface area (Å²) in [6.07, 6.45) is -1.60. The smallest absolute Gasteiger partial charge is 0.184 e. The molecule has 0 spiro atoms. The number of aliphatic hydroxyl groups is 1. The summed E-state index contributed by atoms with van der Waals surface area (Å²) in [5.74, 6) is -1.99. The molecular weight excluding hydrogens is 474 g/mol. The van der Waals surface area contributed by atoms with Crippen molar-refractivity contribution < 1.29 is 33.6 Å². The van der Waals surface area contributed by atoms with E-state index in [-0.39, 0.29) is 18.4 Å². The number of halogens is 2. The van der Waals surface area contributed by atoms with E-state index in [1.807, 2.05) is 0 Å². The first-order valence-corrected chi connectivity index (χ1v) is 11.7. The second kappa shape index (κ2) is 8.65. The van der Waals surface area contributed by atoms with E-state index >= 15 is 0 Å². The molecule has 1 aliphatic heterocycles. The third-order valence-electron chi connectivity index (χ3n) is 6.87. The molecule has 192 valence electrons. The Balaban J connectivity index is 1.28. The molecule has 2 N–H and O–H groups in total. The lowest BCUT2D eigenvalue weighted by atomic mass is 10.1. The molecule has 1 aromatic carbocycles. The summed E-state index contributed by atoms with van der Waals surface area (Å²) in [4.78, 5) is 9.03. The monoisotopic (exact) mass is 506 g/mol. The van der Waals surface area contributed by atoms with E-state index in [1.54, 1.807) is 31.5 Å². The predicted molar refractivity (Wildman–Crippen MR) is 123 cm³/mol. The molecule has 2 saturated carbocycles. The van der Waals surface area contributed by atoms with Crippen molar-refractivity contribution in [3.63, 3.8) is 0 Å². The maximum atomic E-state index is 13.7. The highest BCUT2D eigenvalue weighted by Gasteiger charge is 2.56. The number of hydrogen-bond acceptors (Lipinski definition) is 9. The standard InChI is InChI=1S/C24H28F2N6O4/c1-11-27-22(29-16-9-13(16)12-4-5-14(25)15(26)8-12)19-23(28-11)32(31-30-19)17-10-18(34-7-6-33)21-20(17)35-24(2,3)36-21/h4-5,8,13,16-18,20-21,33H,6-7,9-10H2,1-3H3,(H,27,28,29)/t13-,16+,17+,18-,20-,21+/m0/s1/i6D2,7D2. The highest BCUT2D eigenvalue weighted by atomic mass is 19.2. The summed E-state index contributed by atoms with van der Waals surface area (Å²) in [6, 6.07) is 3.22. The van der Waals surface area contributed by atoms with Crippen LogP contribution in [0.3, 0.4) is 0 Å². The average molecular weight is 507 g/mol. The molecule has 0 bridgehead atoms. The zero-order valence-electron chi connectivity index (χ0n) is 23.8. The SMILES string of the molecule is [2H]C([2H])(O)C([2H])([2H])O[C@H]1C[C@@H](n2nnc3c(N[C@@H]4C[C@H]4c4ccc(F)c(F)c4)nc(C)nc32)[C@@H]2OC(C)(C)O[C@@H]21. The van der Waals surface area contributed by atoms with E-state index < -0.39 is 54.9 Å². The van der Waals surface area contributed by atoms with Crippen molar-refractivity contribution >= 4 is 17.0 Å². The van der Waals surface area contributed by atoms with Gasteiger partial charge in [-0.3, -0.25) is 0 Å². The number of aryl methyl sites for hydroxylation is 1. The number of nitrogens with zero attached hydrogens (tertiary/aromatic N) is 5. The quantitative estimate of drug-likeness (QED) is 0.499. The maximum absolute atomic E-state index is 13.7. The molecule has 0 unspecified atom stereocenters. The van der Waals surface area contributed by atoms with Gasteiger partial charge >= 0.3 is 0 Å². The van der Waals surface area contributed by atoms with Gasteiger partial charge in [0.25, 0.3) is 0 Å². The molecule has 0 amide bonds. The predicted octanol–water partition coefficient (Wildman–Crippen LogP) is 2.62. The molecule has 10 nitrogen and oxygen atoms in total. The lowest BCUT2D eigenvalue weighted by Crippen LogP contribution is -2.31. The molecule has 3 heterocycles. The van der Waals surface area contributed by atoms with Gasteiger partial charge in [0.15, 0.2) is 34.4 Å². The van der Waals surface area contributed by atoms with Gasteiger partial charge in [0.1, 0.15) is 18.0 Å². The fraction of sp³-hybridized carbons (Fsp3) is 0.583. The molecule has 1 saturated heterocycles. The van der Waals surface area contributed by atoms with E-state index in [0.29, 0.717) is 34.8 Å². The summed E-state index contributed by atoms with van der Waals surface area (Å²) in [5, 5.41) is 21.6. The van der Waals surface area contributed by atoms with Gasteiger partial charge in [0, 0.05) is 18.4 Å². The second-order valence-electron chi connectivity index (χ2n) is 9.83. The van der Waals surface area contributed by atoms with E-state index in [9.17, 15) is 13.9 Å². The molecule has 3 aliphatic rings. The Morgan fingerprint density at radius 3 is 2.81 bits per heavy atom. The van der Waals surface area contributed by atoms with Crippen LogP contribution in [0.25, 0.3) is 11.2 Å².